The number of hydrogen-bond acceptors (Lipinski definition) is 3. The molecule has 4 heteroatoms. The Morgan fingerprint density at radius 1 is 1.33 bits per heavy atom. The minimum Gasteiger partial charge on any atom is -0.384 e. The number of unbranched alkanes of at least 4 members (excludes halogenated alkanes) is 1. The van der Waals surface area contributed by atoms with E-state index in [4.69, 9.17) is 22.1 Å². The van der Waals surface area contributed by atoms with Crippen LogP contribution in [-0.2, 0) is 0 Å². The first-order valence-corrected chi connectivity index (χ1v) is 4.96. The van der Waals surface area contributed by atoms with Crippen molar-refractivity contribution in [1.29, 1.82) is 10.5 Å². The second-order valence-corrected chi connectivity index (χ2v) is 3.40. The maximum Gasteiger partial charge on any atom is 0.0992 e. The average molecular weight is 220 g/mol. The first kappa shape index (κ1) is 11.4. The molecule has 0 radical (unpaired) electrons. The van der Waals surface area contributed by atoms with Crippen LogP contribution in [-0.4, -0.2) is 6.54 Å². The van der Waals surface area contributed by atoms with Crippen LogP contribution in [0.25, 0.3) is 0 Å². The fourth-order valence-corrected chi connectivity index (χ4v) is 1.31. The van der Waals surface area contributed by atoms with Gasteiger partial charge >= 0.3 is 0 Å². The number of nitrogens with zero attached hydrogens (tertiary/aromatic N) is 2. The van der Waals surface area contributed by atoms with E-state index in [1.807, 2.05) is 6.07 Å². The van der Waals surface area contributed by atoms with E-state index in [9.17, 15) is 0 Å². The summed E-state index contributed by atoms with van der Waals surface area (Å²) in [5, 5.41) is 20.7. The second-order valence-electron chi connectivity index (χ2n) is 2.99. The van der Waals surface area contributed by atoms with E-state index in [1.165, 1.54) is 0 Å². The lowest BCUT2D eigenvalue weighted by molar-refractivity contribution is 0.897. The van der Waals surface area contributed by atoms with Crippen molar-refractivity contribution in [2.45, 2.75) is 12.8 Å². The Bertz CT molecular complexity index is 415. The number of benzene rings is 1. The summed E-state index contributed by atoms with van der Waals surface area (Å²) in [5.41, 5.74) is 1.32. The molecule has 0 spiro atoms. The third-order valence-electron chi connectivity index (χ3n) is 1.88. The SMILES string of the molecule is N#CCCCNc1cc(C#N)ccc1Cl. The summed E-state index contributed by atoms with van der Waals surface area (Å²) in [7, 11) is 0. The van der Waals surface area contributed by atoms with E-state index in [-0.39, 0.29) is 0 Å². The highest BCUT2D eigenvalue weighted by atomic mass is 35.5. The summed E-state index contributed by atoms with van der Waals surface area (Å²) in [6, 6.07) is 9.17. The van der Waals surface area contributed by atoms with Gasteiger partial charge in [-0.15, -0.1) is 0 Å². The number of nitrogens with one attached hydrogen (secondary N) is 1. The molecule has 3 nitrogen and oxygen atoms in total. The first-order chi connectivity index (χ1) is 7.27. The molecule has 0 aliphatic heterocycles. The fraction of sp³-hybridized carbons (Fsp3) is 0.273. The first-order valence-electron chi connectivity index (χ1n) is 4.58. The summed E-state index contributed by atoms with van der Waals surface area (Å²) in [6.45, 7) is 0.683. The smallest absolute Gasteiger partial charge is 0.0992 e. The van der Waals surface area contributed by atoms with Crippen molar-refractivity contribution in [3.8, 4) is 12.1 Å². The third-order valence-corrected chi connectivity index (χ3v) is 2.21. The Kier molecular flexibility index (Phi) is 4.47. The molecule has 15 heavy (non-hydrogen) atoms. The Morgan fingerprint density at radius 3 is 2.80 bits per heavy atom. The minimum absolute atomic E-state index is 0.516. The van der Waals surface area contributed by atoms with Gasteiger partial charge in [-0.3, -0.25) is 0 Å². The molecule has 0 aliphatic rings. The van der Waals surface area contributed by atoms with Gasteiger partial charge in [0.05, 0.1) is 28.4 Å². The van der Waals surface area contributed by atoms with Gasteiger partial charge in [-0.25, -0.2) is 0 Å². The molecular weight excluding hydrogens is 210 g/mol. The zero-order valence-corrected chi connectivity index (χ0v) is 8.88. The van der Waals surface area contributed by atoms with Crippen LogP contribution < -0.4 is 5.32 Å². The van der Waals surface area contributed by atoms with Gasteiger partial charge in [0.25, 0.3) is 0 Å². The second kappa shape index (κ2) is 5.90. The van der Waals surface area contributed by atoms with Crippen molar-refractivity contribution in [1.82, 2.24) is 0 Å². The Morgan fingerprint density at radius 2 is 2.13 bits per heavy atom. The summed E-state index contributed by atoms with van der Waals surface area (Å²) < 4.78 is 0. The highest BCUT2D eigenvalue weighted by molar-refractivity contribution is 6.33. The van der Waals surface area contributed by atoms with Crippen LogP contribution >= 0.6 is 11.6 Å². The van der Waals surface area contributed by atoms with Crippen LogP contribution in [0.2, 0.25) is 5.02 Å². The molecule has 1 N–H and O–H groups in total. The fourth-order valence-electron chi connectivity index (χ4n) is 1.12. The van der Waals surface area contributed by atoms with Crippen LogP contribution in [0, 0.1) is 22.7 Å². The van der Waals surface area contributed by atoms with E-state index in [1.54, 1.807) is 18.2 Å². The lowest BCUT2D eigenvalue weighted by Crippen LogP contribution is -2.01. The van der Waals surface area contributed by atoms with Gasteiger partial charge in [0.2, 0.25) is 0 Å². The van der Waals surface area contributed by atoms with Crippen molar-refractivity contribution < 1.29 is 0 Å². The molecule has 0 atom stereocenters. The van der Waals surface area contributed by atoms with Crippen molar-refractivity contribution in [3.63, 3.8) is 0 Å². The van der Waals surface area contributed by atoms with Gasteiger partial charge in [0.15, 0.2) is 0 Å². The molecule has 0 saturated heterocycles. The van der Waals surface area contributed by atoms with E-state index in [0.717, 1.165) is 12.1 Å². The normalized spacial score (nSPS) is 9.00. The number of hydrogen-bond donors (Lipinski definition) is 1. The van der Waals surface area contributed by atoms with Gasteiger partial charge in [-0.05, 0) is 24.6 Å². The Hall–Kier alpha value is -1.71. The van der Waals surface area contributed by atoms with Crippen LogP contribution in [0.3, 0.4) is 0 Å². The van der Waals surface area contributed by atoms with Gasteiger partial charge in [0, 0.05) is 13.0 Å². The molecule has 0 amide bonds. The molecule has 1 rings (SSSR count). The average Bonchev–Trinajstić information content (AvgIpc) is 2.26. The quantitative estimate of drug-likeness (QED) is 0.792. The molecular formula is C11H10ClN3. The highest BCUT2D eigenvalue weighted by Crippen LogP contribution is 2.22. The predicted octanol–water partition coefficient (Wildman–Crippen LogP) is 2.93. The molecule has 1 aromatic rings. The maximum atomic E-state index is 8.70. The molecule has 0 aromatic heterocycles. The number of halogens is 1. The lowest BCUT2D eigenvalue weighted by Gasteiger charge is -2.07. The van der Waals surface area contributed by atoms with Gasteiger partial charge in [0.1, 0.15) is 0 Å². The topological polar surface area (TPSA) is 59.6 Å². The summed E-state index contributed by atoms with van der Waals surface area (Å²) in [4.78, 5) is 0. The van der Waals surface area contributed by atoms with Gasteiger partial charge in [-0.1, -0.05) is 11.6 Å². The number of nitriles is 2. The molecule has 0 bridgehead atoms. The highest BCUT2D eigenvalue weighted by Gasteiger charge is 2.00. The standard InChI is InChI=1S/C11H10ClN3/c12-10-4-3-9(8-14)7-11(10)15-6-2-1-5-13/h3-4,7,15H,1-2,6H2. The van der Waals surface area contributed by atoms with E-state index in [0.29, 0.717) is 23.6 Å². The van der Waals surface area contributed by atoms with Crippen molar-refractivity contribution in [2.24, 2.45) is 0 Å². The molecule has 0 heterocycles. The van der Waals surface area contributed by atoms with E-state index >= 15 is 0 Å². The van der Waals surface area contributed by atoms with Gasteiger partial charge in [-0.2, -0.15) is 10.5 Å². The monoisotopic (exact) mass is 219 g/mol. The largest absolute Gasteiger partial charge is 0.384 e. The molecule has 0 fully saturated rings. The molecule has 0 unspecified atom stereocenters. The van der Waals surface area contributed by atoms with Gasteiger partial charge < -0.3 is 5.32 Å². The molecule has 76 valence electrons. The number of rotatable bonds is 4. The summed E-state index contributed by atoms with van der Waals surface area (Å²) >= 11 is 5.93. The zero-order chi connectivity index (χ0) is 11.1. The van der Waals surface area contributed by atoms with Crippen LogP contribution in [0.4, 0.5) is 5.69 Å². The van der Waals surface area contributed by atoms with E-state index < -0.39 is 0 Å². The maximum absolute atomic E-state index is 8.70. The lowest BCUT2D eigenvalue weighted by atomic mass is 10.2. The summed E-state index contributed by atoms with van der Waals surface area (Å²) in [5.74, 6) is 0. The Balaban J connectivity index is 2.61. The minimum atomic E-state index is 0.516. The number of anilines is 1. The van der Waals surface area contributed by atoms with Crippen molar-refractivity contribution in [3.05, 3.63) is 28.8 Å². The molecule has 0 aliphatic carbocycles. The van der Waals surface area contributed by atoms with Crippen LogP contribution in [0.15, 0.2) is 18.2 Å². The van der Waals surface area contributed by atoms with Crippen LogP contribution in [0.1, 0.15) is 18.4 Å². The van der Waals surface area contributed by atoms with Crippen molar-refractivity contribution >= 4 is 17.3 Å². The zero-order valence-electron chi connectivity index (χ0n) is 8.13. The molecule has 1 aromatic carbocycles. The van der Waals surface area contributed by atoms with Crippen molar-refractivity contribution in [2.75, 3.05) is 11.9 Å². The third kappa shape index (κ3) is 3.50. The van der Waals surface area contributed by atoms with Crippen LogP contribution in [0.5, 0.6) is 0 Å². The summed E-state index contributed by atoms with van der Waals surface area (Å²) in [6.07, 6.45) is 1.28. The predicted molar refractivity (Wildman–Crippen MR) is 59.5 cm³/mol. The molecule has 0 saturated carbocycles. The Labute approximate surface area is 93.9 Å². The van der Waals surface area contributed by atoms with E-state index in [2.05, 4.69) is 11.4 Å².